The molecule has 2 saturated heterocycles. The van der Waals surface area contributed by atoms with Gasteiger partial charge in [-0.3, -0.25) is 0 Å². The molecule has 0 radical (unpaired) electrons. The SMILES string of the molecule is O=S1(=O)CC2NC(=S)N(S(=O)(=O)c3ccccc3)C2C1. The van der Waals surface area contributed by atoms with E-state index in [-0.39, 0.29) is 21.5 Å². The third-order valence-corrected chi connectivity index (χ3v) is 7.42. The molecule has 6 nitrogen and oxygen atoms in total. The van der Waals surface area contributed by atoms with Crippen molar-refractivity contribution in [1.82, 2.24) is 9.62 Å². The van der Waals surface area contributed by atoms with Gasteiger partial charge in [0.05, 0.1) is 28.5 Å². The minimum absolute atomic E-state index is 0.0683. The molecule has 2 aliphatic rings. The summed E-state index contributed by atoms with van der Waals surface area (Å²) in [6.07, 6.45) is 0. The van der Waals surface area contributed by atoms with Crippen LogP contribution in [0.1, 0.15) is 0 Å². The maximum absolute atomic E-state index is 12.6. The van der Waals surface area contributed by atoms with Gasteiger partial charge in [0.2, 0.25) is 0 Å². The first kappa shape index (κ1) is 13.8. The molecule has 1 aromatic rings. The highest BCUT2D eigenvalue weighted by atomic mass is 32.2. The molecule has 1 aromatic carbocycles. The first-order valence-corrected chi connectivity index (χ1v) is 9.59. The largest absolute Gasteiger partial charge is 0.356 e. The van der Waals surface area contributed by atoms with E-state index in [4.69, 9.17) is 12.2 Å². The summed E-state index contributed by atoms with van der Waals surface area (Å²) in [5.74, 6) is -0.282. The van der Waals surface area contributed by atoms with Crippen molar-refractivity contribution >= 4 is 37.2 Å². The van der Waals surface area contributed by atoms with Gasteiger partial charge >= 0.3 is 0 Å². The quantitative estimate of drug-likeness (QED) is 0.751. The fourth-order valence-corrected chi connectivity index (χ4v) is 6.71. The number of nitrogens with zero attached hydrogens (tertiary/aromatic N) is 1. The standard InChI is InChI=1S/C11H12N2O4S3/c14-19(15)6-9-10(7-19)13(11(18)12-9)20(16,17)8-4-2-1-3-5-8/h1-5,9-10H,6-7H2,(H,12,18). The van der Waals surface area contributed by atoms with E-state index < -0.39 is 31.9 Å². The summed E-state index contributed by atoms with van der Waals surface area (Å²) in [5, 5.41) is 2.86. The summed E-state index contributed by atoms with van der Waals surface area (Å²) >= 11 is 5.06. The molecular weight excluding hydrogens is 320 g/mol. The van der Waals surface area contributed by atoms with Crippen molar-refractivity contribution < 1.29 is 16.8 Å². The van der Waals surface area contributed by atoms with Crippen LogP contribution >= 0.6 is 12.2 Å². The average molecular weight is 332 g/mol. The predicted octanol–water partition coefficient (Wildman–Crippen LogP) is -0.269. The smallest absolute Gasteiger partial charge is 0.266 e. The molecule has 3 rings (SSSR count). The second-order valence-electron chi connectivity index (χ2n) is 4.81. The summed E-state index contributed by atoms with van der Waals surface area (Å²) < 4.78 is 49.5. The number of rotatable bonds is 2. The zero-order valence-electron chi connectivity index (χ0n) is 10.3. The fourth-order valence-electron chi connectivity index (χ4n) is 2.56. The van der Waals surface area contributed by atoms with Gasteiger partial charge in [0, 0.05) is 0 Å². The molecule has 0 spiro atoms. The van der Waals surface area contributed by atoms with Gasteiger partial charge in [-0.1, -0.05) is 18.2 Å². The van der Waals surface area contributed by atoms with Crippen molar-refractivity contribution in [3.05, 3.63) is 30.3 Å². The van der Waals surface area contributed by atoms with Crippen LogP contribution in [0, 0.1) is 0 Å². The van der Waals surface area contributed by atoms with Gasteiger partial charge in [-0.25, -0.2) is 21.1 Å². The highest BCUT2D eigenvalue weighted by Gasteiger charge is 2.51. The molecule has 2 aliphatic heterocycles. The van der Waals surface area contributed by atoms with E-state index in [1.54, 1.807) is 18.2 Å². The Morgan fingerprint density at radius 2 is 1.85 bits per heavy atom. The third-order valence-electron chi connectivity index (χ3n) is 3.43. The molecule has 0 amide bonds. The van der Waals surface area contributed by atoms with Crippen molar-refractivity contribution in [2.24, 2.45) is 0 Å². The van der Waals surface area contributed by atoms with Crippen LogP contribution in [0.25, 0.3) is 0 Å². The molecule has 0 aromatic heterocycles. The number of sulfonamides is 1. The van der Waals surface area contributed by atoms with E-state index in [1.165, 1.54) is 12.1 Å². The van der Waals surface area contributed by atoms with Gasteiger partial charge in [0.1, 0.15) is 0 Å². The Kier molecular flexibility index (Phi) is 3.03. The monoisotopic (exact) mass is 332 g/mol. The second kappa shape index (κ2) is 4.40. The molecule has 108 valence electrons. The van der Waals surface area contributed by atoms with Gasteiger partial charge in [-0.2, -0.15) is 0 Å². The molecule has 0 saturated carbocycles. The Balaban J connectivity index is 2.04. The lowest BCUT2D eigenvalue weighted by molar-refractivity contribution is 0.463. The Morgan fingerprint density at radius 1 is 1.20 bits per heavy atom. The van der Waals surface area contributed by atoms with Gasteiger partial charge in [-0.15, -0.1) is 0 Å². The van der Waals surface area contributed by atoms with Crippen LogP contribution < -0.4 is 5.32 Å². The molecule has 20 heavy (non-hydrogen) atoms. The van der Waals surface area contributed by atoms with Crippen LogP contribution in [0.3, 0.4) is 0 Å². The molecule has 2 atom stereocenters. The van der Waals surface area contributed by atoms with E-state index >= 15 is 0 Å². The van der Waals surface area contributed by atoms with Crippen molar-refractivity contribution in [2.45, 2.75) is 17.0 Å². The van der Waals surface area contributed by atoms with Gasteiger partial charge < -0.3 is 5.32 Å². The summed E-state index contributed by atoms with van der Waals surface area (Å²) in [7, 11) is -7.06. The lowest BCUT2D eigenvalue weighted by atomic mass is 10.2. The van der Waals surface area contributed by atoms with E-state index in [1.807, 2.05) is 0 Å². The third kappa shape index (κ3) is 2.09. The fraction of sp³-hybridized carbons (Fsp3) is 0.364. The first-order valence-electron chi connectivity index (χ1n) is 5.92. The predicted molar refractivity (Wildman–Crippen MR) is 77.4 cm³/mol. The van der Waals surface area contributed by atoms with E-state index in [0.717, 1.165) is 4.31 Å². The molecular formula is C11H12N2O4S3. The maximum atomic E-state index is 12.6. The summed E-state index contributed by atoms with van der Waals surface area (Å²) in [6, 6.07) is 6.76. The molecule has 0 bridgehead atoms. The number of sulfone groups is 1. The molecule has 0 aliphatic carbocycles. The summed E-state index contributed by atoms with van der Waals surface area (Å²) in [5.41, 5.74) is 0. The lowest BCUT2D eigenvalue weighted by Crippen LogP contribution is -2.41. The highest BCUT2D eigenvalue weighted by molar-refractivity contribution is 7.92. The van der Waals surface area contributed by atoms with Gasteiger partial charge in [0.15, 0.2) is 14.9 Å². The summed E-state index contributed by atoms with van der Waals surface area (Å²) in [6.45, 7) is 0. The van der Waals surface area contributed by atoms with Crippen LogP contribution in [-0.2, 0) is 19.9 Å². The van der Waals surface area contributed by atoms with Crippen LogP contribution in [0.15, 0.2) is 35.2 Å². The van der Waals surface area contributed by atoms with Gasteiger partial charge in [0.25, 0.3) is 10.0 Å². The van der Waals surface area contributed by atoms with Gasteiger partial charge in [-0.05, 0) is 24.4 Å². The van der Waals surface area contributed by atoms with Crippen molar-refractivity contribution in [3.8, 4) is 0 Å². The number of nitrogens with one attached hydrogen (secondary N) is 1. The average Bonchev–Trinajstić information content (AvgIpc) is 2.80. The zero-order valence-corrected chi connectivity index (χ0v) is 12.7. The lowest BCUT2D eigenvalue weighted by Gasteiger charge is -2.22. The second-order valence-corrected chi connectivity index (χ2v) is 9.17. The molecule has 9 heteroatoms. The molecule has 2 fully saturated rings. The van der Waals surface area contributed by atoms with E-state index in [9.17, 15) is 16.8 Å². The topological polar surface area (TPSA) is 83.6 Å². The molecule has 1 N–H and O–H groups in total. The minimum atomic E-state index is -3.83. The van der Waals surface area contributed by atoms with Crippen LogP contribution in [-0.4, -0.2) is 49.8 Å². The van der Waals surface area contributed by atoms with E-state index in [0.29, 0.717) is 0 Å². The Hall–Kier alpha value is -1.19. The number of fused-ring (bicyclic) bond motifs is 1. The van der Waals surface area contributed by atoms with Crippen LogP contribution in [0.5, 0.6) is 0 Å². The zero-order chi connectivity index (χ0) is 14.5. The highest BCUT2D eigenvalue weighted by Crippen LogP contribution is 2.29. The normalized spacial score (nSPS) is 28.2. The van der Waals surface area contributed by atoms with E-state index in [2.05, 4.69) is 5.32 Å². The number of benzene rings is 1. The van der Waals surface area contributed by atoms with Crippen LogP contribution in [0.2, 0.25) is 0 Å². The number of hydrogen-bond acceptors (Lipinski definition) is 5. The van der Waals surface area contributed by atoms with Crippen molar-refractivity contribution in [2.75, 3.05) is 11.5 Å². The maximum Gasteiger partial charge on any atom is 0.266 e. The Morgan fingerprint density at radius 3 is 2.50 bits per heavy atom. The number of hydrogen-bond donors (Lipinski definition) is 1. The Labute approximate surface area is 122 Å². The first-order chi connectivity index (χ1) is 9.31. The van der Waals surface area contributed by atoms with Crippen LogP contribution in [0.4, 0.5) is 0 Å². The minimum Gasteiger partial charge on any atom is -0.356 e. The van der Waals surface area contributed by atoms with Crippen molar-refractivity contribution in [1.29, 1.82) is 0 Å². The Bertz CT molecular complexity index is 758. The summed E-state index contributed by atoms with van der Waals surface area (Å²) in [4.78, 5) is 0.106. The molecule has 2 heterocycles. The molecule has 2 unspecified atom stereocenters. The van der Waals surface area contributed by atoms with Crippen molar-refractivity contribution in [3.63, 3.8) is 0 Å². The number of thiocarbonyl (C=S) groups is 1.